The molecule has 1 N–H and O–H groups in total. The highest BCUT2D eigenvalue weighted by Crippen LogP contribution is 2.45. The number of Topliss-reactive ketones (excluding diaryl/α,β-unsaturated/α-hetero) is 1. The van der Waals surface area contributed by atoms with E-state index in [4.69, 9.17) is 9.73 Å². The molecule has 1 saturated carbocycles. The first-order chi connectivity index (χ1) is 15.4. The van der Waals surface area contributed by atoms with Crippen LogP contribution in [0.2, 0.25) is 0 Å². The van der Waals surface area contributed by atoms with Crippen molar-refractivity contribution in [2.24, 2.45) is 16.3 Å². The number of benzene rings is 3. The molecule has 0 spiro atoms. The van der Waals surface area contributed by atoms with Gasteiger partial charge in [0.2, 0.25) is 0 Å². The second-order valence-corrected chi connectivity index (χ2v) is 10.2. The molecule has 0 amide bonds. The van der Waals surface area contributed by atoms with Crippen LogP contribution in [0.4, 0.5) is 11.4 Å². The summed E-state index contributed by atoms with van der Waals surface area (Å²) >= 11 is 3.54. The number of halogens is 1. The lowest BCUT2D eigenvalue weighted by Gasteiger charge is -2.37. The number of ether oxygens (including phenoxy) is 1. The van der Waals surface area contributed by atoms with E-state index in [1.165, 1.54) is 0 Å². The molecule has 162 valence electrons. The molecule has 1 aliphatic carbocycles. The SMILES string of the molecule is CC1(C)CC(=O)C2C(=Nc3ccccc3NC2c2cccc(Oc3ccccc3Br)c2)C1. The fourth-order valence-corrected chi connectivity index (χ4v) is 5.08. The topological polar surface area (TPSA) is 50.7 Å². The summed E-state index contributed by atoms with van der Waals surface area (Å²) in [4.78, 5) is 18.4. The molecule has 32 heavy (non-hydrogen) atoms. The first-order valence-corrected chi connectivity index (χ1v) is 11.7. The Balaban J connectivity index is 1.56. The van der Waals surface area contributed by atoms with Crippen LogP contribution in [0.5, 0.6) is 11.5 Å². The normalized spacial score (nSPS) is 21.5. The molecule has 4 nitrogen and oxygen atoms in total. The van der Waals surface area contributed by atoms with Crippen LogP contribution in [-0.4, -0.2) is 11.5 Å². The summed E-state index contributed by atoms with van der Waals surface area (Å²) in [6, 6.07) is 23.6. The van der Waals surface area contributed by atoms with Gasteiger partial charge in [-0.2, -0.15) is 0 Å². The lowest BCUT2D eigenvalue weighted by atomic mass is 9.68. The minimum absolute atomic E-state index is 0.0825. The predicted octanol–water partition coefficient (Wildman–Crippen LogP) is 7.49. The number of fused-ring (bicyclic) bond motifs is 2. The molecule has 0 saturated heterocycles. The highest BCUT2D eigenvalue weighted by molar-refractivity contribution is 9.10. The van der Waals surface area contributed by atoms with Crippen LogP contribution in [0.3, 0.4) is 0 Å². The van der Waals surface area contributed by atoms with E-state index < -0.39 is 0 Å². The third kappa shape index (κ3) is 4.09. The third-order valence-corrected chi connectivity index (χ3v) is 6.77. The second-order valence-electron chi connectivity index (χ2n) is 9.31. The van der Waals surface area contributed by atoms with Gasteiger partial charge in [-0.15, -0.1) is 0 Å². The van der Waals surface area contributed by atoms with Crippen molar-refractivity contribution in [3.8, 4) is 11.5 Å². The van der Waals surface area contributed by atoms with Crippen LogP contribution in [0.15, 0.2) is 82.3 Å². The summed E-state index contributed by atoms with van der Waals surface area (Å²) < 4.78 is 7.04. The molecule has 2 aliphatic rings. The smallest absolute Gasteiger partial charge is 0.144 e. The van der Waals surface area contributed by atoms with E-state index in [2.05, 4.69) is 41.2 Å². The number of carbonyl (C=O) groups excluding carboxylic acids is 1. The molecule has 1 heterocycles. The number of hydrogen-bond donors (Lipinski definition) is 1. The number of nitrogens with one attached hydrogen (secondary N) is 1. The first-order valence-electron chi connectivity index (χ1n) is 10.9. The molecule has 2 atom stereocenters. The van der Waals surface area contributed by atoms with Crippen molar-refractivity contribution in [3.05, 3.63) is 82.8 Å². The molecule has 1 aliphatic heterocycles. The summed E-state index contributed by atoms with van der Waals surface area (Å²) in [6.45, 7) is 4.30. The zero-order valence-corrected chi connectivity index (χ0v) is 19.7. The Kier molecular flexibility index (Phi) is 5.38. The highest BCUT2D eigenvalue weighted by atomic mass is 79.9. The summed E-state index contributed by atoms with van der Waals surface area (Å²) in [5.41, 5.74) is 3.73. The number of nitrogens with zero attached hydrogens (tertiary/aromatic N) is 1. The Morgan fingerprint density at radius 2 is 1.78 bits per heavy atom. The Bertz CT molecular complexity index is 1220. The van der Waals surface area contributed by atoms with Crippen molar-refractivity contribution in [2.45, 2.75) is 32.7 Å². The molecule has 0 bridgehead atoms. The van der Waals surface area contributed by atoms with Crippen LogP contribution in [-0.2, 0) is 4.79 Å². The van der Waals surface area contributed by atoms with Gasteiger partial charge in [0.05, 0.1) is 27.8 Å². The zero-order chi connectivity index (χ0) is 22.3. The van der Waals surface area contributed by atoms with E-state index in [1.54, 1.807) is 0 Å². The van der Waals surface area contributed by atoms with Crippen molar-refractivity contribution >= 4 is 38.8 Å². The molecule has 0 radical (unpaired) electrons. The quantitative estimate of drug-likeness (QED) is 0.415. The molecule has 5 heteroatoms. The lowest BCUT2D eigenvalue weighted by molar-refractivity contribution is -0.124. The molecule has 0 aromatic heterocycles. The number of ketones is 1. The Morgan fingerprint density at radius 1 is 1.00 bits per heavy atom. The average Bonchev–Trinajstić information content (AvgIpc) is 2.91. The van der Waals surface area contributed by atoms with E-state index >= 15 is 0 Å². The summed E-state index contributed by atoms with van der Waals surface area (Å²) in [7, 11) is 0. The van der Waals surface area contributed by atoms with Gasteiger partial charge < -0.3 is 10.1 Å². The minimum Gasteiger partial charge on any atom is -0.456 e. The number of aliphatic imine (C=N–C) groups is 1. The summed E-state index contributed by atoms with van der Waals surface area (Å²) in [5.74, 6) is 1.42. The maximum absolute atomic E-state index is 13.4. The monoisotopic (exact) mass is 488 g/mol. The number of carbonyl (C=O) groups is 1. The second kappa shape index (κ2) is 8.21. The number of hydrogen-bond acceptors (Lipinski definition) is 4. The molecule has 1 fully saturated rings. The molecular weight excluding hydrogens is 464 g/mol. The first kappa shape index (κ1) is 21.0. The standard InChI is InChI=1S/C27H25BrN2O2/c1-27(2)15-22-25(23(31)16-27)26(30-21-12-5-4-11-20(21)29-22)17-8-7-9-18(14-17)32-24-13-6-3-10-19(24)28/h3-14,25-26,30H,15-16H2,1-2H3. The lowest BCUT2D eigenvalue weighted by Crippen LogP contribution is -2.42. The van der Waals surface area contributed by atoms with E-state index in [0.717, 1.165) is 45.0 Å². The number of rotatable bonds is 3. The van der Waals surface area contributed by atoms with Gasteiger partial charge in [-0.1, -0.05) is 50.2 Å². The van der Waals surface area contributed by atoms with Crippen LogP contribution in [0.25, 0.3) is 0 Å². The van der Waals surface area contributed by atoms with Gasteiger partial charge in [0.1, 0.15) is 17.3 Å². The summed E-state index contributed by atoms with van der Waals surface area (Å²) in [5, 5.41) is 3.63. The van der Waals surface area contributed by atoms with Gasteiger partial charge in [0.25, 0.3) is 0 Å². The van der Waals surface area contributed by atoms with Crippen LogP contribution in [0.1, 0.15) is 38.3 Å². The van der Waals surface area contributed by atoms with Gasteiger partial charge in [-0.05, 0) is 69.7 Å². The van der Waals surface area contributed by atoms with Crippen LogP contribution < -0.4 is 10.1 Å². The molecular formula is C27H25BrN2O2. The zero-order valence-electron chi connectivity index (χ0n) is 18.1. The van der Waals surface area contributed by atoms with Crippen molar-refractivity contribution in [2.75, 3.05) is 5.32 Å². The van der Waals surface area contributed by atoms with Gasteiger partial charge in [-0.3, -0.25) is 9.79 Å². The average molecular weight is 489 g/mol. The van der Waals surface area contributed by atoms with Crippen LogP contribution in [0, 0.1) is 11.3 Å². The van der Waals surface area contributed by atoms with Gasteiger partial charge in [-0.25, -0.2) is 0 Å². The third-order valence-electron chi connectivity index (χ3n) is 6.11. The molecule has 5 rings (SSSR count). The molecule has 2 unspecified atom stereocenters. The molecule has 3 aromatic rings. The minimum atomic E-state index is -0.297. The number of anilines is 1. The van der Waals surface area contributed by atoms with Gasteiger partial charge in [0.15, 0.2) is 0 Å². The highest BCUT2D eigenvalue weighted by Gasteiger charge is 2.44. The van der Waals surface area contributed by atoms with Gasteiger partial charge >= 0.3 is 0 Å². The summed E-state index contributed by atoms with van der Waals surface area (Å²) in [6.07, 6.45) is 1.36. The predicted molar refractivity (Wildman–Crippen MR) is 132 cm³/mol. The Morgan fingerprint density at radius 3 is 2.62 bits per heavy atom. The van der Waals surface area contributed by atoms with Crippen molar-refractivity contribution in [1.82, 2.24) is 0 Å². The van der Waals surface area contributed by atoms with Crippen LogP contribution >= 0.6 is 15.9 Å². The Labute approximate surface area is 196 Å². The van der Waals surface area contributed by atoms with E-state index in [0.29, 0.717) is 6.42 Å². The maximum Gasteiger partial charge on any atom is 0.144 e. The Hall–Kier alpha value is -2.92. The van der Waals surface area contributed by atoms with Crippen molar-refractivity contribution < 1.29 is 9.53 Å². The van der Waals surface area contributed by atoms with Crippen molar-refractivity contribution in [3.63, 3.8) is 0 Å². The maximum atomic E-state index is 13.4. The van der Waals surface area contributed by atoms with E-state index in [9.17, 15) is 4.79 Å². The van der Waals surface area contributed by atoms with E-state index in [-0.39, 0.29) is 23.2 Å². The fourth-order valence-electron chi connectivity index (χ4n) is 4.72. The fraction of sp³-hybridized carbons (Fsp3) is 0.259. The number of para-hydroxylation sites is 3. The van der Waals surface area contributed by atoms with Crippen molar-refractivity contribution in [1.29, 1.82) is 0 Å². The largest absolute Gasteiger partial charge is 0.456 e. The molecule has 3 aromatic carbocycles. The van der Waals surface area contributed by atoms with Gasteiger partial charge in [0, 0.05) is 12.1 Å². The van der Waals surface area contributed by atoms with E-state index in [1.807, 2.05) is 66.7 Å².